The lowest BCUT2D eigenvalue weighted by molar-refractivity contribution is -0.137. The number of halogens is 2. The zero-order chi connectivity index (χ0) is 18.8. The molecule has 2 rings (SSSR count). The van der Waals surface area contributed by atoms with Crippen molar-refractivity contribution in [2.75, 3.05) is 6.61 Å². The monoisotopic (exact) mass is 356 g/mol. The summed E-state index contributed by atoms with van der Waals surface area (Å²) in [4.78, 5) is 10.4. The van der Waals surface area contributed by atoms with Crippen molar-refractivity contribution in [1.82, 2.24) is 0 Å². The molecule has 0 aliphatic carbocycles. The Morgan fingerprint density at radius 2 is 1.64 bits per heavy atom. The number of carbonyl (C=O) groups is 1. The van der Waals surface area contributed by atoms with Crippen molar-refractivity contribution in [3.05, 3.63) is 23.8 Å². The summed E-state index contributed by atoms with van der Waals surface area (Å²) in [5.74, 6) is -3.08. The molecule has 138 valence electrons. The molecule has 0 bridgehead atoms. The minimum absolute atomic E-state index is 0.00477. The summed E-state index contributed by atoms with van der Waals surface area (Å²) in [6.07, 6.45) is 0.768. The molecule has 1 N–H and O–H groups in total. The molecule has 0 radical (unpaired) electrons. The Labute approximate surface area is 146 Å². The van der Waals surface area contributed by atoms with Crippen LogP contribution in [0.4, 0.5) is 8.78 Å². The van der Waals surface area contributed by atoms with Crippen molar-refractivity contribution in [2.24, 2.45) is 0 Å². The van der Waals surface area contributed by atoms with Crippen LogP contribution in [-0.2, 0) is 14.1 Å². The summed E-state index contributed by atoms with van der Waals surface area (Å²) in [5.41, 5.74) is -0.972. The van der Waals surface area contributed by atoms with Crippen molar-refractivity contribution in [2.45, 2.75) is 58.2 Å². The second kappa shape index (κ2) is 7.29. The second-order valence-corrected chi connectivity index (χ2v) is 7.10. The van der Waals surface area contributed by atoms with Crippen LogP contribution < -0.4 is 10.2 Å². The molecule has 0 amide bonds. The number of rotatable bonds is 7. The lowest BCUT2D eigenvalue weighted by Crippen LogP contribution is -2.41. The molecule has 1 aromatic carbocycles. The van der Waals surface area contributed by atoms with Gasteiger partial charge in [-0.05, 0) is 58.1 Å². The zero-order valence-corrected chi connectivity index (χ0v) is 14.9. The van der Waals surface area contributed by atoms with Crippen LogP contribution in [0, 0.1) is 11.6 Å². The number of carboxylic acid groups (broad SMARTS) is 1. The van der Waals surface area contributed by atoms with Gasteiger partial charge >= 0.3 is 13.1 Å². The number of unbranched alkanes of at least 4 members (excludes halogenated alkanes) is 1. The van der Waals surface area contributed by atoms with Crippen LogP contribution in [0.3, 0.4) is 0 Å². The molecule has 1 heterocycles. The molecule has 1 aliphatic rings. The number of benzene rings is 1. The highest BCUT2D eigenvalue weighted by Gasteiger charge is 2.52. The standard InChI is InChI=1S/C17H23BF2O5/c1-16(2)17(3,4)25-18(24-16)11-9-12(19)15(13(20)10-11)23-8-6-5-7-14(21)22/h9-10H,5-8H2,1-4H3,(H,21,22). The van der Waals surface area contributed by atoms with Gasteiger partial charge in [-0.25, -0.2) is 8.78 Å². The van der Waals surface area contributed by atoms with Crippen molar-refractivity contribution < 1.29 is 32.7 Å². The maximum atomic E-state index is 14.2. The first kappa shape index (κ1) is 19.7. The first-order chi connectivity index (χ1) is 11.5. The van der Waals surface area contributed by atoms with Gasteiger partial charge in [-0.2, -0.15) is 0 Å². The highest BCUT2D eigenvalue weighted by molar-refractivity contribution is 6.62. The predicted octanol–water partition coefficient (Wildman–Crippen LogP) is 2.90. The first-order valence-corrected chi connectivity index (χ1v) is 8.23. The summed E-state index contributed by atoms with van der Waals surface area (Å²) >= 11 is 0. The van der Waals surface area contributed by atoms with Crippen LogP contribution in [0.1, 0.15) is 47.0 Å². The van der Waals surface area contributed by atoms with Gasteiger partial charge in [0, 0.05) is 6.42 Å². The van der Waals surface area contributed by atoms with Gasteiger partial charge in [-0.3, -0.25) is 4.79 Å². The number of carboxylic acids is 1. The van der Waals surface area contributed by atoms with Crippen LogP contribution in [0.2, 0.25) is 0 Å². The molecule has 0 spiro atoms. The van der Waals surface area contributed by atoms with E-state index in [1.807, 2.05) is 27.7 Å². The molecule has 5 nitrogen and oxygen atoms in total. The Morgan fingerprint density at radius 3 is 2.12 bits per heavy atom. The minimum atomic E-state index is -0.913. The predicted molar refractivity (Wildman–Crippen MR) is 89.1 cm³/mol. The van der Waals surface area contributed by atoms with E-state index in [1.165, 1.54) is 0 Å². The Hall–Kier alpha value is -1.67. The van der Waals surface area contributed by atoms with E-state index in [0.717, 1.165) is 12.1 Å². The third kappa shape index (κ3) is 4.49. The molecule has 0 aromatic heterocycles. The number of aliphatic carboxylic acids is 1. The summed E-state index contributed by atoms with van der Waals surface area (Å²) < 4.78 is 45.1. The van der Waals surface area contributed by atoms with Gasteiger partial charge in [0.2, 0.25) is 0 Å². The molecule has 1 fully saturated rings. The van der Waals surface area contributed by atoms with Gasteiger partial charge in [0.05, 0.1) is 17.8 Å². The van der Waals surface area contributed by atoms with Crippen molar-refractivity contribution in [1.29, 1.82) is 0 Å². The highest BCUT2D eigenvalue weighted by Crippen LogP contribution is 2.36. The van der Waals surface area contributed by atoms with E-state index >= 15 is 0 Å². The molecular formula is C17H23BF2O5. The number of ether oxygens (including phenoxy) is 1. The van der Waals surface area contributed by atoms with E-state index in [2.05, 4.69) is 0 Å². The van der Waals surface area contributed by atoms with Gasteiger partial charge in [-0.1, -0.05) is 0 Å². The Balaban J connectivity index is 2.04. The summed E-state index contributed by atoms with van der Waals surface area (Å²) in [6, 6.07) is 2.27. The van der Waals surface area contributed by atoms with Crippen LogP contribution in [0.25, 0.3) is 0 Å². The fourth-order valence-electron chi connectivity index (χ4n) is 2.39. The fraction of sp³-hybridized carbons (Fsp3) is 0.588. The van der Waals surface area contributed by atoms with E-state index in [-0.39, 0.29) is 18.5 Å². The molecule has 1 aliphatic heterocycles. The van der Waals surface area contributed by atoms with E-state index in [4.69, 9.17) is 19.2 Å². The smallest absolute Gasteiger partial charge is 0.488 e. The van der Waals surface area contributed by atoms with Gasteiger partial charge in [-0.15, -0.1) is 0 Å². The molecule has 8 heteroatoms. The maximum Gasteiger partial charge on any atom is 0.495 e. The quantitative estimate of drug-likeness (QED) is 0.601. The Bertz CT molecular complexity index is 609. The summed E-state index contributed by atoms with van der Waals surface area (Å²) in [7, 11) is -0.862. The molecule has 0 saturated carbocycles. The van der Waals surface area contributed by atoms with Crippen LogP contribution in [-0.4, -0.2) is 36.0 Å². The first-order valence-electron chi connectivity index (χ1n) is 8.23. The zero-order valence-electron chi connectivity index (χ0n) is 14.9. The summed E-state index contributed by atoms with van der Waals surface area (Å²) in [5, 5.41) is 8.54. The maximum absolute atomic E-state index is 14.2. The van der Waals surface area contributed by atoms with E-state index < -0.39 is 41.7 Å². The van der Waals surface area contributed by atoms with Crippen LogP contribution in [0.5, 0.6) is 5.75 Å². The molecule has 0 atom stereocenters. The third-order valence-electron chi connectivity index (χ3n) is 4.58. The fourth-order valence-corrected chi connectivity index (χ4v) is 2.39. The topological polar surface area (TPSA) is 65.0 Å². The average Bonchev–Trinajstić information content (AvgIpc) is 2.69. The van der Waals surface area contributed by atoms with Crippen LogP contribution >= 0.6 is 0 Å². The lowest BCUT2D eigenvalue weighted by atomic mass is 9.79. The summed E-state index contributed by atoms with van der Waals surface area (Å²) in [6.45, 7) is 7.46. The Kier molecular flexibility index (Phi) is 5.73. The van der Waals surface area contributed by atoms with Gasteiger partial charge in [0.1, 0.15) is 0 Å². The van der Waals surface area contributed by atoms with E-state index in [0.29, 0.717) is 12.8 Å². The van der Waals surface area contributed by atoms with Gasteiger partial charge < -0.3 is 19.2 Å². The SMILES string of the molecule is CC1(C)OB(c2cc(F)c(OCCCCC(=O)O)c(F)c2)OC1(C)C. The number of hydrogen-bond donors (Lipinski definition) is 1. The van der Waals surface area contributed by atoms with Crippen molar-refractivity contribution in [3.8, 4) is 5.75 Å². The van der Waals surface area contributed by atoms with E-state index in [1.54, 1.807) is 0 Å². The normalized spacial score (nSPS) is 18.4. The second-order valence-electron chi connectivity index (χ2n) is 7.10. The molecule has 1 saturated heterocycles. The van der Waals surface area contributed by atoms with Crippen molar-refractivity contribution >= 4 is 18.6 Å². The van der Waals surface area contributed by atoms with Crippen molar-refractivity contribution in [3.63, 3.8) is 0 Å². The Morgan fingerprint density at radius 1 is 1.12 bits per heavy atom. The van der Waals surface area contributed by atoms with Crippen LogP contribution in [0.15, 0.2) is 12.1 Å². The molecular weight excluding hydrogens is 333 g/mol. The third-order valence-corrected chi connectivity index (χ3v) is 4.58. The minimum Gasteiger partial charge on any atom is -0.488 e. The molecule has 1 aromatic rings. The van der Waals surface area contributed by atoms with E-state index in [9.17, 15) is 13.6 Å². The lowest BCUT2D eigenvalue weighted by Gasteiger charge is -2.32. The number of hydrogen-bond acceptors (Lipinski definition) is 4. The largest absolute Gasteiger partial charge is 0.495 e. The molecule has 0 unspecified atom stereocenters. The van der Waals surface area contributed by atoms with Gasteiger partial charge in [0.25, 0.3) is 0 Å². The molecule has 25 heavy (non-hydrogen) atoms. The van der Waals surface area contributed by atoms with Gasteiger partial charge in [0.15, 0.2) is 17.4 Å². The highest BCUT2D eigenvalue weighted by atomic mass is 19.1. The average molecular weight is 356 g/mol.